The summed E-state index contributed by atoms with van der Waals surface area (Å²) in [5.74, 6) is -0.111. The van der Waals surface area contributed by atoms with Crippen molar-refractivity contribution in [3.63, 3.8) is 0 Å². The van der Waals surface area contributed by atoms with Gasteiger partial charge in [-0.2, -0.15) is 0 Å². The van der Waals surface area contributed by atoms with E-state index < -0.39 is 5.91 Å². The normalized spacial score (nSPS) is 22.1. The predicted molar refractivity (Wildman–Crippen MR) is 133 cm³/mol. The number of hydrogen-bond acceptors (Lipinski definition) is 5. The average molecular weight is 454 g/mol. The summed E-state index contributed by atoms with van der Waals surface area (Å²) in [6.07, 6.45) is 0.926. The van der Waals surface area contributed by atoms with Gasteiger partial charge in [-0.25, -0.2) is 0 Å². The molecule has 7 nitrogen and oxygen atoms in total. The lowest BCUT2D eigenvalue weighted by Gasteiger charge is -2.34. The highest BCUT2D eigenvalue weighted by atomic mass is 16.1. The van der Waals surface area contributed by atoms with Crippen LogP contribution in [0.5, 0.6) is 0 Å². The topological polar surface area (TPSA) is 88.4 Å². The summed E-state index contributed by atoms with van der Waals surface area (Å²) >= 11 is 0. The number of anilines is 1. The number of amides is 1. The SMILES string of the molecule is CN1CCN(c2ccc(C(=O)N=[N+]=Nc3ccc(C4CC4(N)c4ccccc4)cc3)cc2)CC1. The van der Waals surface area contributed by atoms with Gasteiger partial charge in [0.25, 0.3) is 0 Å². The smallest absolute Gasteiger partial charge is 0.360 e. The van der Waals surface area contributed by atoms with Gasteiger partial charge >= 0.3 is 5.91 Å². The maximum atomic E-state index is 12.4. The first-order chi connectivity index (χ1) is 16.5. The zero-order valence-corrected chi connectivity index (χ0v) is 19.3. The van der Waals surface area contributed by atoms with Gasteiger partial charge in [-0.05, 0) is 61.0 Å². The first-order valence-corrected chi connectivity index (χ1v) is 11.7. The number of rotatable bonds is 5. The van der Waals surface area contributed by atoms with Gasteiger partial charge in [0, 0.05) is 48.9 Å². The Morgan fingerprint density at radius 2 is 1.62 bits per heavy atom. The van der Waals surface area contributed by atoms with Crippen LogP contribution in [0.2, 0.25) is 0 Å². The molecular weight excluding hydrogens is 424 g/mol. The third kappa shape index (κ3) is 4.68. The van der Waals surface area contributed by atoms with E-state index in [-0.39, 0.29) is 5.54 Å². The Morgan fingerprint density at radius 1 is 0.941 bits per heavy atom. The van der Waals surface area contributed by atoms with E-state index in [2.05, 4.69) is 44.1 Å². The van der Waals surface area contributed by atoms with Crippen molar-refractivity contribution in [3.8, 4) is 0 Å². The van der Waals surface area contributed by atoms with Crippen LogP contribution in [0.4, 0.5) is 11.4 Å². The third-order valence-corrected chi connectivity index (χ3v) is 6.89. The second-order valence-electron chi connectivity index (χ2n) is 9.19. The average Bonchev–Trinajstić information content (AvgIpc) is 3.58. The van der Waals surface area contributed by atoms with Crippen molar-refractivity contribution >= 4 is 17.3 Å². The fourth-order valence-electron chi connectivity index (χ4n) is 4.59. The number of nitrogens with two attached hydrogens (primary N) is 1. The molecule has 2 atom stereocenters. The third-order valence-electron chi connectivity index (χ3n) is 6.89. The van der Waals surface area contributed by atoms with Crippen LogP contribution in [0.3, 0.4) is 0 Å². The minimum Gasteiger partial charge on any atom is -0.369 e. The lowest BCUT2D eigenvalue weighted by atomic mass is 9.99. The van der Waals surface area contributed by atoms with Crippen LogP contribution in [0.1, 0.15) is 33.8 Å². The molecule has 7 heteroatoms. The molecule has 0 aromatic heterocycles. The zero-order valence-electron chi connectivity index (χ0n) is 19.3. The van der Waals surface area contributed by atoms with Crippen molar-refractivity contribution in [2.24, 2.45) is 16.0 Å². The van der Waals surface area contributed by atoms with E-state index in [0.717, 1.165) is 43.9 Å². The highest BCUT2D eigenvalue weighted by molar-refractivity contribution is 5.94. The number of nitrogens with zero attached hydrogens (tertiary/aromatic N) is 5. The number of carbonyl (C=O) groups is 1. The molecule has 0 spiro atoms. The van der Waals surface area contributed by atoms with E-state index in [9.17, 15) is 4.79 Å². The fraction of sp³-hybridized carbons (Fsp3) is 0.296. The van der Waals surface area contributed by atoms with E-state index in [1.54, 1.807) is 12.1 Å². The summed E-state index contributed by atoms with van der Waals surface area (Å²) in [6.45, 7) is 4.05. The molecule has 2 unspecified atom stereocenters. The molecule has 1 amide bonds. The summed E-state index contributed by atoms with van der Waals surface area (Å²) < 4.78 is 0. The van der Waals surface area contributed by atoms with Gasteiger partial charge in [0.15, 0.2) is 10.8 Å². The van der Waals surface area contributed by atoms with Gasteiger partial charge in [0.05, 0.1) is 0 Å². The summed E-state index contributed by atoms with van der Waals surface area (Å²) in [6, 6.07) is 25.6. The molecule has 2 fully saturated rings. The summed E-state index contributed by atoms with van der Waals surface area (Å²) in [5, 5.41) is 7.83. The van der Waals surface area contributed by atoms with Crippen molar-refractivity contribution in [1.82, 2.24) is 9.81 Å². The van der Waals surface area contributed by atoms with Crippen molar-refractivity contribution < 1.29 is 4.79 Å². The van der Waals surface area contributed by atoms with Crippen LogP contribution >= 0.6 is 0 Å². The standard InChI is InChI=1S/C27H29N6O/c1-32-15-17-33(18-16-32)24-13-9-21(10-14-24)26(34)30-31-29-23-11-7-20(8-12-23)25-19-27(25,28)22-5-3-2-4-6-22/h2-14,25H,15-19,28H2,1H3/q+1. The van der Waals surface area contributed by atoms with Crippen molar-refractivity contribution in [3.05, 3.63) is 95.6 Å². The number of hydrogen-bond donors (Lipinski definition) is 1. The monoisotopic (exact) mass is 453 g/mol. The van der Waals surface area contributed by atoms with Gasteiger partial charge in [-0.1, -0.05) is 42.5 Å². The molecule has 1 aliphatic carbocycles. The van der Waals surface area contributed by atoms with Gasteiger partial charge in [-0.3, -0.25) is 4.79 Å². The molecular formula is C27H29N6O+. The van der Waals surface area contributed by atoms with Crippen molar-refractivity contribution in [1.29, 1.82) is 0 Å². The van der Waals surface area contributed by atoms with E-state index >= 15 is 0 Å². The van der Waals surface area contributed by atoms with Crippen LogP contribution in [0.25, 0.3) is 0 Å². The Kier molecular flexibility index (Phi) is 6.07. The van der Waals surface area contributed by atoms with E-state index in [0.29, 0.717) is 17.2 Å². The lowest BCUT2D eigenvalue weighted by molar-refractivity contribution is 0.0992. The zero-order chi connectivity index (χ0) is 23.5. The number of benzene rings is 3. The molecule has 172 valence electrons. The van der Waals surface area contributed by atoms with E-state index in [1.807, 2.05) is 54.6 Å². The maximum absolute atomic E-state index is 12.4. The molecule has 2 N–H and O–H groups in total. The number of carbonyl (C=O) groups excluding carboxylic acids is 1. The Labute approximate surface area is 199 Å². The molecule has 1 saturated heterocycles. The molecule has 1 saturated carbocycles. The highest BCUT2D eigenvalue weighted by Crippen LogP contribution is 2.56. The maximum Gasteiger partial charge on any atom is 0.360 e. The van der Waals surface area contributed by atoms with E-state index in [4.69, 9.17) is 5.73 Å². The molecule has 5 rings (SSSR count). The Hall–Kier alpha value is -3.64. The van der Waals surface area contributed by atoms with Gasteiger partial charge in [0.1, 0.15) is 0 Å². The lowest BCUT2D eigenvalue weighted by Crippen LogP contribution is -2.44. The largest absolute Gasteiger partial charge is 0.369 e. The van der Waals surface area contributed by atoms with Crippen LogP contribution in [0.15, 0.2) is 89.1 Å². The summed E-state index contributed by atoms with van der Waals surface area (Å²) in [4.78, 5) is 20.8. The Balaban J connectivity index is 1.19. The number of likely N-dealkylation sites (N-methyl/N-ethyl adjacent to an activating group) is 1. The molecule has 1 heterocycles. The second-order valence-corrected chi connectivity index (χ2v) is 9.19. The predicted octanol–water partition coefficient (Wildman–Crippen LogP) is 4.22. The summed E-state index contributed by atoms with van der Waals surface area (Å²) in [7, 11) is 2.13. The van der Waals surface area contributed by atoms with Gasteiger partial charge < -0.3 is 15.5 Å². The van der Waals surface area contributed by atoms with Gasteiger partial charge in [-0.15, -0.1) is 0 Å². The van der Waals surface area contributed by atoms with Gasteiger partial charge in [0.2, 0.25) is 10.0 Å². The molecule has 0 bridgehead atoms. The van der Waals surface area contributed by atoms with Crippen LogP contribution in [-0.4, -0.2) is 44.0 Å². The molecule has 3 aromatic rings. The van der Waals surface area contributed by atoms with Crippen LogP contribution in [0, 0.1) is 0 Å². The molecule has 1 aliphatic heterocycles. The molecule has 34 heavy (non-hydrogen) atoms. The first kappa shape index (κ1) is 22.2. The highest BCUT2D eigenvalue weighted by Gasteiger charge is 2.52. The van der Waals surface area contributed by atoms with Crippen LogP contribution < -0.4 is 15.5 Å². The quantitative estimate of drug-likeness (QED) is 0.463. The van der Waals surface area contributed by atoms with E-state index in [1.165, 1.54) is 5.56 Å². The van der Waals surface area contributed by atoms with Crippen LogP contribution in [-0.2, 0) is 5.54 Å². The first-order valence-electron chi connectivity index (χ1n) is 11.7. The molecule has 3 aromatic carbocycles. The second kappa shape index (κ2) is 9.31. The minimum absolute atomic E-state index is 0.293. The Morgan fingerprint density at radius 3 is 2.29 bits per heavy atom. The van der Waals surface area contributed by atoms with Crippen molar-refractivity contribution in [2.45, 2.75) is 17.9 Å². The minimum atomic E-state index is -0.404. The fourth-order valence-corrected chi connectivity index (χ4v) is 4.59. The van der Waals surface area contributed by atoms with Crippen molar-refractivity contribution in [2.75, 3.05) is 38.1 Å². The summed E-state index contributed by atoms with van der Waals surface area (Å²) in [5.41, 5.74) is 10.9. The number of piperazine rings is 1. The molecule has 2 aliphatic rings. The molecule has 0 radical (unpaired) electrons. The Bertz CT molecular complexity index is 1210.